The highest BCUT2D eigenvalue weighted by Crippen LogP contribution is 2.55. The van der Waals surface area contributed by atoms with Crippen molar-refractivity contribution in [2.45, 2.75) is 59.5 Å². The molecule has 0 aromatic carbocycles. The van der Waals surface area contributed by atoms with E-state index in [1.807, 2.05) is 0 Å². The molecule has 2 rings (SSSR count). The maximum absolute atomic E-state index is 6.04. The van der Waals surface area contributed by atoms with E-state index < -0.39 is 0 Å². The Bertz CT molecular complexity index is 223. The van der Waals surface area contributed by atoms with Crippen molar-refractivity contribution in [1.82, 2.24) is 0 Å². The van der Waals surface area contributed by atoms with Gasteiger partial charge < -0.3 is 4.74 Å². The summed E-state index contributed by atoms with van der Waals surface area (Å²) < 4.78 is 6.04. The van der Waals surface area contributed by atoms with Crippen LogP contribution in [0.2, 0.25) is 0 Å². The minimum Gasteiger partial charge on any atom is -0.378 e. The van der Waals surface area contributed by atoms with Crippen LogP contribution in [0.4, 0.5) is 0 Å². The first-order valence-corrected chi connectivity index (χ1v) is 6.63. The molecule has 0 N–H and O–H groups in total. The lowest BCUT2D eigenvalue weighted by atomic mass is 9.75. The molecule has 0 saturated heterocycles. The number of rotatable bonds is 4. The largest absolute Gasteiger partial charge is 0.378 e. The Balaban J connectivity index is 1.84. The van der Waals surface area contributed by atoms with Crippen molar-refractivity contribution in [2.24, 2.45) is 23.2 Å². The Kier molecular flexibility index (Phi) is 3.12. The van der Waals surface area contributed by atoms with Gasteiger partial charge in [0.05, 0.1) is 12.7 Å². The molecule has 0 aromatic heterocycles. The molecule has 3 unspecified atom stereocenters. The van der Waals surface area contributed by atoms with Crippen LogP contribution < -0.4 is 0 Å². The average molecular weight is 210 g/mol. The average Bonchev–Trinajstić information content (AvgIpc) is 2.73. The van der Waals surface area contributed by atoms with Crippen molar-refractivity contribution in [3.05, 3.63) is 0 Å². The van der Waals surface area contributed by atoms with Crippen molar-refractivity contribution in [3.63, 3.8) is 0 Å². The standard InChI is InChI=1S/C14H26O/c1-10(2)11(3)15-9-14(4)8-12-5-6-13(14)7-12/h10-13H,5-9H2,1-4H3/t11-,12?,13?,14?/m1/s1. The van der Waals surface area contributed by atoms with Gasteiger partial charge in [0.2, 0.25) is 0 Å². The molecule has 0 heterocycles. The van der Waals surface area contributed by atoms with E-state index in [2.05, 4.69) is 27.7 Å². The van der Waals surface area contributed by atoms with Gasteiger partial charge >= 0.3 is 0 Å². The monoisotopic (exact) mass is 210 g/mol. The molecule has 0 spiro atoms. The van der Waals surface area contributed by atoms with Crippen molar-refractivity contribution in [3.8, 4) is 0 Å². The molecule has 1 nitrogen and oxygen atoms in total. The highest BCUT2D eigenvalue weighted by atomic mass is 16.5. The van der Waals surface area contributed by atoms with E-state index in [0.29, 0.717) is 17.4 Å². The third-order valence-electron chi connectivity index (χ3n) is 4.90. The zero-order valence-electron chi connectivity index (χ0n) is 10.8. The fourth-order valence-electron chi connectivity index (χ4n) is 3.41. The second-order valence-electron chi connectivity index (χ2n) is 6.49. The van der Waals surface area contributed by atoms with Crippen LogP contribution in [-0.2, 0) is 4.74 Å². The topological polar surface area (TPSA) is 9.23 Å². The van der Waals surface area contributed by atoms with Crippen molar-refractivity contribution < 1.29 is 4.74 Å². The number of fused-ring (bicyclic) bond motifs is 2. The summed E-state index contributed by atoms with van der Waals surface area (Å²) in [5.41, 5.74) is 0.506. The Hall–Kier alpha value is -0.0400. The second kappa shape index (κ2) is 4.08. The molecule has 2 saturated carbocycles. The van der Waals surface area contributed by atoms with Gasteiger partial charge in [-0.2, -0.15) is 0 Å². The minimum absolute atomic E-state index is 0.418. The van der Waals surface area contributed by atoms with Crippen LogP contribution in [0.25, 0.3) is 0 Å². The zero-order valence-corrected chi connectivity index (χ0v) is 10.8. The first-order valence-electron chi connectivity index (χ1n) is 6.63. The number of hydrogen-bond donors (Lipinski definition) is 0. The second-order valence-corrected chi connectivity index (χ2v) is 6.49. The lowest BCUT2D eigenvalue weighted by molar-refractivity contribution is -0.0349. The molecule has 0 amide bonds. The predicted octanol–water partition coefficient (Wildman–Crippen LogP) is 3.87. The van der Waals surface area contributed by atoms with Gasteiger partial charge in [-0.15, -0.1) is 0 Å². The third kappa shape index (κ3) is 2.22. The fourth-order valence-corrected chi connectivity index (χ4v) is 3.41. The fraction of sp³-hybridized carbons (Fsp3) is 1.00. The van der Waals surface area contributed by atoms with Gasteiger partial charge in [-0.25, -0.2) is 0 Å². The number of hydrogen-bond acceptors (Lipinski definition) is 1. The first kappa shape index (κ1) is 11.4. The normalized spacial score (nSPS) is 41.4. The van der Waals surface area contributed by atoms with Crippen molar-refractivity contribution >= 4 is 0 Å². The van der Waals surface area contributed by atoms with E-state index in [-0.39, 0.29) is 0 Å². The highest BCUT2D eigenvalue weighted by Gasteiger charge is 2.47. The molecule has 0 aromatic rings. The molecule has 2 bridgehead atoms. The molecular weight excluding hydrogens is 184 g/mol. The lowest BCUT2D eigenvalue weighted by Gasteiger charge is -2.35. The summed E-state index contributed by atoms with van der Waals surface area (Å²) in [6.07, 6.45) is 6.26. The Morgan fingerprint density at radius 2 is 2.00 bits per heavy atom. The quantitative estimate of drug-likeness (QED) is 0.684. The summed E-state index contributed by atoms with van der Waals surface area (Å²) in [6.45, 7) is 10.1. The third-order valence-corrected chi connectivity index (χ3v) is 4.90. The van der Waals surface area contributed by atoms with E-state index in [1.54, 1.807) is 0 Å². The van der Waals surface area contributed by atoms with Crippen LogP contribution in [0.1, 0.15) is 53.4 Å². The zero-order chi connectivity index (χ0) is 11.1. The summed E-state index contributed by atoms with van der Waals surface area (Å²) in [6, 6.07) is 0. The van der Waals surface area contributed by atoms with E-state index in [9.17, 15) is 0 Å². The molecule has 0 radical (unpaired) electrons. The van der Waals surface area contributed by atoms with Crippen LogP contribution in [-0.4, -0.2) is 12.7 Å². The molecule has 88 valence electrons. The van der Waals surface area contributed by atoms with Crippen LogP contribution >= 0.6 is 0 Å². The van der Waals surface area contributed by atoms with Gasteiger partial charge in [-0.3, -0.25) is 0 Å². The number of ether oxygens (including phenoxy) is 1. The molecular formula is C14H26O. The minimum atomic E-state index is 0.418. The van der Waals surface area contributed by atoms with Crippen molar-refractivity contribution in [1.29, 1.82) is 0 Å². The van der Waals surface area contributed by atoms with Crippen molar-refractivity contribution in [2.75, 3.05) is 6.61 Å². The first-order chi connectivity index (χ1) is 7.01. The summed E-state index contributed by atoms with van der Waals surface area (Å²) in [5.74, 6) is 2.63. The molecule has 15 heavy (non-hydrogen) atoms. The molecule has 1 heteroatoms. The van der Waals surface area contributed by atoms with Gasteiger partial charge in [0, 0.05) is 0 Å². The Morgan fingerprint density at radius 3 is 2.47 bits per heavy atom. The predicted molar refractivity (Wildman–Crippen MR) is 63.8 cm³/mol. The Morgan fingerprint density at radius 1 is 1.27 bits per heavy atom. The molecule has 4 atom stereocenters. The summed E-state index contributed by atoms with van der Waals surface area (Å²) in [4.78, 5) is 0. The maximum atomic E-state index is 6.04. The highest BCUT2D eigenvalue weighted by molar-refractivity contribution is 4.97. The van der Waals surface area contributed by atoms with Crippen LogP contribution in [0.3, 0.4) is 0 Å². The summed E-state index contributed by atoms with van der Waals surface area (Å²) >= 11 is 0. The molecule has 2 fully saturated rings. The van der Waals surface area contributed by atoms with E-state index >= 15 is 0 Å². The van der Waals surface area contributed by atoms with E-state index in [0.717, 1.165) is 18.4 Å². The van der Waals surface area contributed by atoms with Gasteiger partial charge in [0.15, 0.2) is 0 Å². The maximum Gasteiger partial charge on any atom is 0.0570 e. The SMILES string of the molecule is CC(C)[C@@H](C)OCC1(C)CC2CCC1C2. The summed E-state index contributed by atoms with van der Waals surface area (Å²) in [5, 5.41) is 0. The smallest absolute Gasteiger partial charge is 0.0570 e. The van der Waals surface area contributed by atoms with E-state index in [4.69, 9.17) is 4.74 Å². The summed E-state index contributed by atoms with van der Waals surface area (Å²) in [7, 11) is 0. The van der Waals surface area contributed by atoms with Gasteiger partial charge in [-0.05, 0) is 49.4 Å². The molecule has 0 aliphatic heterocycles. The van der Waals surface area contributed by atoms with Gasteiger partial charge in [0.1, 0.15) is 0 Å². The van der Waals surface area contributed by atoms with Crippen LogP contribution in [0.5, 0.6) is 0 Å². The van der Waals surface area contributed by atoms with Crippen LogP contribution in [0, 0.1) is 23.2 Å². The van der Waals surface area contributed by atoms with Gasteiger partial charge in [-0.1, -0.05) is 27.2 Å². The Labute approximate surface area is 94.6 Å². The molecule has 2 aliphatic carbocycles. The lowest BCUT2D eigenvalue weighted by Crippen LogP contribution is -2.32. The molecule has 2 aliphatic rings. The van der Waals surface area contributed by atoms with Crippen LogP contribution in [0.15, 0.2) is 0 Å². The van der Waals surface area contributed by atoms with Gasteiger partial charge in [0.25, 0.3) is 0 Å². The van der Waals surface area contributed by atoms with E-state index in [1.165, 1.54) is 25.7 Å².